The second-order valence-corrected chi connectivity index (χ2v) is 16.9. The van der Waals surface area contributed by atoms with E-state index in [1.807, 2.05) is 72.5 Å². The zero-order valence-corrected chi connectivity index (χ0v) is 35.5. The van der Waals surface area contributed by atoms with Crippen molar-refractivity contribution in [2.24, 2.45) is 28.8 Å². The van der Waals surface area contributed by atoms with Crippen LogP contribution in [0.4, 0.5) is 4.79 Å². The molecule has 2 aliphatic heterocycles. The van der Waals surface area contributed by atoms with Crippen molar-refractivity contribution in [1.82, 2.24) is 10.2 Å². The Morgan fingerprint density at radius 2 is 1.73 bits per heavy atom. The summed E-state index contributed by atoms with van der Waals surface area (Å²) in [4.78, 5) is 35.9. The van der Waals surface area contributed by atoms with E-state index in [1.165, 1.54) is 0 Å². The van der Waals surface area contributed by atoms with Crippen LogP contribution in [0.1, 0.15) is 87.3 Å². The first kappa shape index (κ1) is 43.3. The van der Waals surface area contributed by atoms with Gasteiger partial charge in [0.05, 0.1) is 18.2 Å². The molecule has 0 radical (unpaired) electrons. The van der Waals surface area contributed by atoms with Crippen molar-refractivity contribution in [2.75, 3.05) is 33.2 Å². The van der Waals surface area contributed by atoms with Crippen LogP contribution in [-0.4, -0.2) is 77.8 Å². The van der Waals surface area contributed by atoms with Crippen LogP contribution in [-0.2, 0) is 27.5 Å². The van der Waals surface area contributed by atoms with Crippen LogP contribution in [0.25, 0.3) is 0 Å². The molecule has 8 rings (SSSR count). The van der Waals surface area contributed by atoms with E-state index >= 15 is 0 Å². The molecule has 3 aliphatic carbocycles. The number of unbranched alkanes of at least 4 members (excludes halogenated alkanes) is 2. The number of rotatable bonds is 20. The summed E-state index contributed by atoms with van der Waals surface area (Å²) in [6, 6.07) is 20.5. The first-order chi connectivity index (χ1) is 30.4. The lowest BCUT2D eigenvalue weighted by atomic mass is 9.55. The maximum Gasteiger partial charge on any atom is 0.412 e. The number of amides is 2. The molecule has 0 bridgehead atoms. The summed E-state index contributed by atoms with van der Waals surface area (Å²) in [5, 5.41) is 27.6. The van der Waals surface area contributed by atoms with Gasteiger partial charge in [-0.3, -0.25) is 4.79 Å². The fourth-order valence-corrected chi connectivity index (χ4v) is 9.90. The highest BCUT2D eigenvalue weighted by molar-refractivity contribution is 6.03. The Morgan fingerprint density at radius 1 is 0.952 bits per heavy atom. The summed E-state index contributed by atoms with van der Waals surface area (Å²) in [5.41, 5.74) is 4.34. The Kier molecular flexibility index (Phi) is 13.8. The number of allylic oxidation sites excluding steroid dienone is 1. The van der Waals surface area contributed by atoms with Gasteiger partial charge in [0.2, 0.25) is 18.5 Å². The molecule has 3 aromatic carbocycles. The van der Waals surface area contributed by atoms with Gasteiger partial charge >= 0.3 is 6.09 Å². The van der Waals surface area contributed by atoms with Crippen molar-refractivity contribution in [3.05, 3.63) is 108 Å². The molecule has 6 unspecified atom stereocenters. The molecule has 13 heteroatoms. The molecule has 2 fully saturated rings. The van der Waals surface area contributed by atoms with Crippen molar-refractivity contribution in [2.45, 2.75) is 95.6 Å². The zero-order chi connectivity index (χ0) is 43.1. The lowest BCUT2D eigenvalue weighted by Crippen LogP contribution is -2.70. The Hall–Kier alpha value is -5.37. The minimum absolute atomic E-state index is 0.00903. The summed E-state index contributed by atoms with van der Waals surface area (Å²) < 4.78 is 31.8. The van der Waals surface area contributed by atoms with Crippen LogP contribution in [0, 0.1) is 23.7 Å². The van der Waals surface area contributed by atoms with E-state index in [2.05, 4.69) is 18.0 Å². The van der Waals surface area contributed by atoms with Gasteiger partial charge in [-0.25, -0.2) is 4.79 Å². The third-order valence-corrected chi connectivity index (χ3v) is 12.8. The molecule has 5 aliphatic rings. The van der Waals surface area contributed by atoms with Crippen LogP contribution in [0.5, 0.6) is 23.0 Å². The second kappa shape index (κ2) is 19.8. The Morgan fingerprint density at radius 3 is 2.48 bits per heavy atom. The van der Waals surface area contributed by atoms with Crippen molar-refractivity contribution in [1.29, 1.82) is 0 Å². The molecule has 0 saturated heterocycles. The first-order valence-electron chi connectivity index (χ1n) is 22.3. The minimum Gasteiger partial charge on any atom is -0.459 e. The number of nitrogens with zero attached hydrogens (tertiary/aromatic N) is 2. The quantitative estimate of drug-likeness (QED) is 0.0583. The van der Waals surface area contributed by atoms with Gasteiger partial charge in [0.1, 0.15) is 24.1 Å². The highest BCUT2D eigenvalue weighted by Crippen LogP contribution is 2.62. The van der Waals surface area contributed by atoms with E-state index in [4.69, 9.17) is 33.7 Å². The molecule has 2 saturated carbocycles. The third kappa shape index (κ3) is 9.21. The van der Waals surface area contributed by atoms with Crippen molar-refractivity contribution >= 4 is 17.7 Å². The number of aliphatic hydroxyl groups excluding tert-OH is 2. The second-order valence-electron chi connectivity index (χ2n) is 16.9. The summed E-state index contributed by atoms with van der Waals surface area (Å²) in [7, 11) is 0. The standard InChI is InChI=1S/C49H59N3O10/c1-3-24-59-49-44(52(47(55)34-17-18-34)29-33-16-20-42-43(25-33)58-31-57-42)28-40(51-60-30-32-12-6-5-7-13-32)38-26-35(14-8-10-22-53)37(15-9-11-23-54)45(46(38)49)39-27-36(19-21-41(39)62-49)61-48(56)50-4-2/h3,5-7,12-13,16,19-21,25-27,34-35,37,44-46,53-54H,1,4,8-11,14-15,17-18,22-24,28-31H2,2H3,(H,50,56). The van der Waals surface area contributed by atoms with Crippen molar-refractivity contribution < 1.29 is 48.3 Å². The smallest absolute Gasteiger partial charge is 0.412 e. The van der Waals surface area contributed by atoms with Crippen molar-refractivity contribution in [3.8, 4) is 23.0 Å². The highest BCUT2D eigenvalue weighted by Gasteiger charge is 2.66. The van der Waals surface area contributed by atoms with Crippen molar-refractivity contribution in [3.63, 3.8) is 0 Å². The van der Waals surface area contributed by atoms with Gasteiger partial charge in [0, 0.05) is 50.1 Å². The van der Waals surface area contributed by atoms with Crippen LogP contribution in [0.15, 0.2) is 96.2 Å². The number of carbonyl (C=O) groups is 2. The SMILES string of the molecule is C=CCOC12Oc3ccc(OC(=O)NCC)cc3C3C(CCCCO)C(CCCCO)C=C(C(=NOCc4ccccc4)CC1N(Cc1ccc4c(c1)OCO4)C(=O)C1CC1)C32. The Balaban J connectivity index is 1.32. The number of carbonyl (C=O) groups excluding carboxylic acids is 2. The van der Waals surface area contributed by atoms with Crippen LogP contribution < -0.4 is 24.3 Å². The number of fused-ring (bicyclic) bond motifs is 3. The number of aliphatic hydroxyl groups is 2. The van der Waals surface area contributed by atoms with E-state index in [1.54, 1.807) is 12.1 Å². The van der Waals surface area contributed by atoms with E-state index in [0.717, 1.165) is 60.8 Å². The number of benzene rings is 3. The van der Waals surface area contributed by atoms with Gasteiger partial charge in [-0.05, 0) is 104 Å². The molecular formula is C49H59N3O10. The first-order valence-corrected chi connectivity index (χ1v) is 22.3. The average molecular weight is 850 g/mol. The molecule has 330 valence electrons. The predicted molar refractivity (Wildman–Crippen MR) is 232 cm³/mol. The Labute approximate surface area is 363 Å². The number of hydrogen-bond donors (Lipinski definition) is 3. The average Bonchev–Trinajstić information content (AvgIpc) is 4.03. The fraction of sp³-hybridized carbons (Fsp3) is 0.490. The number of hydrogen-bond acceptors (Lipinski definition) is 11. The molecule has 62 heavy (non-hydrogen) atoms. The Bertz CT molecular complexity index is 2120. The van der Waals surface area contributed by atoms with Crippen LogP contribution in [0.3, 0.4) is 0 Å². The number of oxime groups is 1. The van der Waals surface area contributed by atoms with Crippen LogP contribution >= 0.6 is 0 Å². The summed E-state index contributed by atoms with van der Waals surface area (Å²) in [5.74, 6) is -0.0401. The van der Waals surface area contributed by atoms with Gasteiger partial charge in [-0.15, -0.1) is 6.58 Å². The van der Waals surface area contributed by atoms with Gasteiger partial charge < -0.3 is 49.0 Å². The number of ether oxygens (including phenoxy) is 5. The van der Waals surface area contributed by atoms with E-state index in [9.17, 15) is 19.8 Å². The zero-order valence-electron chi connectivity index (χ0n) is 35.5. The lowest BCUT2D eigenvalue weighted by Gasteiger charge is -2.60. The molecule has 2 heterocycles. The fourth-order valence-electron chi connectivity index (χ4n) is 9.90. The van der Waals surface area contributed by atoms with Gasteiger partial charge in [0.25, 0.3) is 0 Å². The molecule has 13 nitrogen and oxygen atoms in total. The molecular weight excluding hydrogens is 791 g/mol. The molecule has 0 spiro atoms. The van der Waals surface area contributed by atoms with Crippen LogP contribution in [0.2, 0.25) is 0 Å². The summed E-state index contributed by atoms with van der Waals surface area (Å²) in [6.07, 6.45) is 9.80. The number of nitrogens with one attached hydrogen (secondary N) is 1. The summed E-state index contributed by atoms with van der Waals surface area (Å²) in [6.45, 7) is 7.25. The maximum absolute atomic E-state index is 14.9. The van der Waals surface area contributed by atoms with Gasteiger partial charge in [-0.1, -0.05) is 66.5 Å². The normalized spacial score (nSPS) is 24.9. The van der Waals surface area contributed by atoms with E-state index in [-0.39, 0.29) is 75.8 Å². The maximum atomic E-state index is 14.9. The molecule has 6 atom stereocenters. The molecule has 2 amide bonds. The summed E-state index contributed by atoms with van der Waals surface area (Å²) >= 11 is 0. The van der Waals surface area contributed by atoms with E-state index in [0.29, 0.717) is 48.1 Å². The monoisotopic (exact) mass is 849 g/mol. The third-order valence-electron chi connectivity index (χ3n) is 12.8. The predicted octanol–water partition coefficient (Wildman–Crippen LogP) is 7.80. The molecule has 3 N–H and O–H groups in total. The van der Waals surface area contributed by atoms with Gasteiger partial charge in [-0.2, -0.15) is 0 Å². The lowest BCUT2D eigenvalue weighted by molar-refractivity contribution is -0.258. The van der Waals surface area contributed by atoms with E-state index < -0.39 is 23.8 Å². The largest absolute Gasteiger partial charge is 0.459 e. The molecule has 3 aromatic rings. The molecule has 0 aromatic heterocycles. The minimum atomic E-state index is -1.43. The highest BCUT2D eigenvalue weighted by atomic mass is 16.7. The topological polar surface area (TPSA) is 158 Å². The van der Waals surface area contributed by atoms with Gasteiger partial charge in [0.15, 0.2) is 11.5 Å².